The lowest BCUT2D eigenvalue weighted by Crippen LogP contribution is -2.32. The zero-order valence-electron chi connectivity index (χ0n) is 80.5. The number of nitrogens with zero attached hydrogens (tertiary/aromatic N) is 2. The standard InChI is InChI=1S/C74H47NO2.C68H43NO2/c1-2-17-48(18-3-1)49-33-35-50(36-34-49)51-37-41-53(42-38-51)75(55-45-46-58-57-19-4-6-22-60(57)74(67(58)47-55)64-26-10-14-31-70(64)77-71-32-15-11-27-65(71)74)54-43-39-52(40-44-54)56-21-16-28-66-72(56)59-20-5-7-23-61(59)73(66)62-24-8-12-29-68(62)76-69-30-13-9-25-63(69)73;1-2-18-44(19-3-1)46-20-16-21-48(42-46)69(49-40-41-52-51-22-4-6-25-54(51)68(61(52)43-49)58-29-10-14-34-64(58)71-65-35-15-11-30-59(65)68)47-38-36-45(37-39-47)50-24-17-31-60-66(50)53-23-5-7-26-55(53)67(60)56-27-8-12-32-62(56)70-63-33-13-9-28-57(63)67/h1-47H;1-43H. The number of rotatable bonds is 11. The topological polar surface area (TPSA) is 43.4 Å². The van der Waals surface area contributed by atoms with Crippen LogP contribution in [0.5, 0.6) is 46.0 Å². The minimum absolute atomic E-state index is 0.538. The van der Waals surface area contributed by atoms with Crippen LogP contribution in [0, 0.1) is 0 Å². The summed E-state index contributed by atoms with van der Waals surface area (Å²) in [6.07, 6.45) is 0. The van der Waals surface area contributed by atoms with E-state index in [0.29, 0.717) is 0 Å². The van der Waals surface area contributed by atoms with Crippen molar-refractivity contribution in [2.24, 2.45) is 0 Å². The van der Waals surface area contributed by atoms with Gasteiger partial charge in [0.05, 0.1) is 21.7 Å². The second-order valence-electron chi connectivity index (χ2n) is 39.6. The van der Waals surface area contributed by atoms with Crippen molar-refractivity contribution < 1.29 is 18.9 Å². The molecule has 0 radical (unpaired) electrons. The van der Waals surface area contributed by atoms with E-state index in [1.807, 2.05) is 0 Å². The van der Waals surface area contributed by atoms with Gasteiger partial charge in [-0.15, -0.1) is 0 Å². The Morgan fingerprint density at radius 3 is 0.649 bits per heavy atom. The molecule has 0 aromatic heterocycles. The molecule has 4 heterocycles. The number of para-hydroxylation sites is 8. The van der Waals surface area contributed by atoms with E-state index >= 15 is 0 Å². The quantitative estimate of drug-likeness (QED) is 0.129. The van der Waals surface area contributed by atoms with Crippen LogP contribution in [0.15, 0.2) is 546 Å². The Hall–Kier alpha value is -19.1. The third-order valence-electron chi connectivity index (χ3n) is 32.5. The Kier molecular flexibility index (Phi) is 19.0. The lowest BCUT2D eigenvalue weighted by atomic mass is 9.66. The molecular weight excluding hydrogens is 1800 g/mol. The Balaban J connectivity index is 0.000000137. The van der Waals surface area contributed by atoms with Gasteiger partial charge in [0.2, 0.25) is 0 Å². The first-order chi connectivity index (χ1) is 73.4. The van der Waals surface area contributed by atoms with Gasteiger partial charge in [0.25, 0.3) is 0 Å². The van der Waals surface area contributed by atoms with E-state index in [4.69, 9.17) is 18.9 Å². The monoisotopic (exact) mass is 1890 g/mol. The van der Waals surface area contributed by atoms with Gasteiger partial charge in [-0.1, -0.05) is 425 Å². The average Bonchev–Trinajstić information content (AvgIpc) is 1.54. The summed E-state index contributed by atoms with van der Waals surface area (Å²) in [5, 5.41) is 0. The van der Waals surface area contributed by atoms with Gasteiger partial charge in [-0.3, -0.25) is 0 Å². The summed E-state index contributed by atoms with van der Waals surface area (Å²) in [4.78, 5) is 4.86. The number of ether oxygens (including phenoxy) is 4. The largest absolute Gasteiger partial charge is 0.457 e. The average molecular weight is 1890 g/mol. The van der Waals surface area contributed by atoms with Crippen LogP contribution in [0.25, 0.3) is 100 Å². The van der Waals surface area contributed by atoms with E-state index < -0.39 is 21.7 Å². The van der Waals surface area contributed by atoms with Crippen LogP contribution in [0.2, 0.25) is 0 Å². The number of benzene rings is 23. The van der Waals surface area contributed by atoms with Gasteiger partial charge in [0, 0.05) is 78.6 Å². The highest BCUT2D eigenvalue weighted by molar-refractivity contribution is 6.02. The maximum Gasteiger partial charge on any atom is 0.132 e. The van der Waals surface area contributed by atoms with Gasteiger partial charge in [-0.25, -0.2) is 0 Å². The number of fused-ring (bicyclic) bond motifs is 36. The van der Waals surface area contributed by atoms with Crippen LogP contribution in [-0.2, 0) is 21.7 Å². The zero-order chi connectivity index (χ0) is 97.3. The Morgan fingerprint density at radius 1 is 0.115 bits per heavy atom. The molecule has 4 spiro atoms. The fourth-order valence-corrected chi connectivity index (χ4v) is 26.5. The first-order valence-corrected chi connectivity index (χ1v) is 51.0. The molecule has 0 N–H and O–H groups in total. The fraction of sp³-hybridized carbons (Fsp3) is 0.0282. The van der Waals surface area contributed by atoms with E-state index in [2.05, 4.69) is 556 Å². The van der Waals surface area contributed by atoms with Crippen molar-refractivity contribution in [3.63, 3.8) is 0 Å². The number of hydrogen-bond acceptors (Lipinski definition) is 6. The van der Waals surface area contributed by atoms with Crippen LogP contribution in [0.1, 0.15) is 89.0 Å². The first kappa shape index (κ1) is 84.5. The normalized spacial score (nSPS) is 14.0. The predicted octanol–water partition coefficient (Wildman–Crippen LogP) is 36.5. The predicted molar refractivity (Wildman–Crippen MR) is 599 cm³/mol. The van der Waals surface area contributed by atoms with Gasteiger partial charge in [-0.05, 0) is 266 Å². The first-order valence-electron chi connectivity index (χ1n) is 51.0. The van der Waals surface area contributed by atoms with Crippen LogP contribution in [0.3, 0.4) is 0 Å². The van der Waals surface area contributed by atoms with Gasteiger partial charge in [0.15, 0.2) is 0 Å². The smallest absolute Gasteiger partial charge is 0.132 e. The molecule has 0 saturated carbocycles. The van der Waals surface area contributed by atoms with Crippen molar-refractivity contribution in [2.45, 2.75) is 21.7 Å². The van der Waals surface area contributed by atoms with E-state index in [1.54, 1.807) is 0 Å². The van der Waals surface area contributed by atoms with Gasteiger partial charge >= 0.3 is 0 Å². The summed E-state index contributed by atoms with van der Waals surface area (Å²) >= 11 is 0. The van der Waals surface area contributed by atoms with E-state index in [-0.39, 0.29) is 0 Å². The highest BCUT2D eigenvalue weighted by atomic mass is 16.5. The molecular formula is C142H90N2O4. The molecule has 6 heteroatoms. The lowest BCUT2D eigenvalue weighted by molar-refractivity contribution is 0.436. The molecule has 0 bridgehead atoms. The van der Waals surface area contributed by atoms with Gasteiger partial charge in [0.1, 0.15) is 46.0 Å². The second-order valence-corrected chi connectivity index (χ2v) is 39.6. The molecule has 0 unspecified atom stereocenters. The molecule has 23 aromatic rings. The SMILES string of the molecule is c1ccc(-c2ccc(-c3ccc(N(c4ccc(-c5cccc6c5-c5ccccc5C65c6ccccc6Oc6ccccc65)cc4)c4ccc5c(c4)C4(c6ccccc6Oc6ccccc64)c4ccccc4-5)cc3)cc2)cc1.c1ccc(-c2cccc(N(c3ccc(-c4cccc5c4-c4ccccc4C54c5ccccc5Oc5ccccc54)cc3)c3ccc4c(c3)C3(c5ccccc5Oc5ccccc53)c3ccccc3-4)c2)cc1. The summed E-state index contributed by atoms with van der Waals surface area (Å²) < 4.78 is 26.7. The minimum atomic E-state index is -0.606. The molecule has 0 amide bonds. The molecule has 4 aliphatic heterocycles. The summed E-state index contributed by atoms with van der Waals surface area (Å²) in [5.41, 5.74) is 45.2. The van der Waals surface area contributed by atoms with E-state index in [9.17, 15) is 0 Å². The molecule has 0 saturated heterocycles. The fourth-order valence-electron chi connectivity index (χ4n) is 26.5. The number of hydrogen-bond donors (Lipinski definition) is 0. The third kappa shape index (κ3) is 12.3. The number of anilines is 6. The Bertz CT molecular complexity index is 9190. The Labute approximate surface area is 859 Å². The van der Waals surface area contributed by atoms with Crippen molar-refractivity contribution in [3.8, 4) is 146 Å². The van der Waals surface area contributed by atoms with Crippen molar-refractivity contribution >= 4 is 34.1 Å². The van der Waals surface area contributed by atoms with Crippen molar-refractivity contribution in [1.82, 2.24) is 0 Å². The molecule has 23 aromatic carbocycles. The molecule has 0 atom stereocenters. The van der Waals surface area contributed by atoms with Crippen molar-refractivity contribution in [2.75, 3.05) is 9.80 Å². The highest BCUT2D eigenvalue weighted by Gasteiger charge is 2.57. The van der Waals surface area contributed by atoms with Crippen LogP contribution >= 0.6 is 0 Å². The van der Waals surface area contributed by atoms with Crippen LogP contribution < -0.4 is 28.7 Å². The third-order valence-corrected chi connectivity index (χ3v) is 32.5. The molecule has 692 valence electrons. The maximum atomic E-state index is 6.73. The maximum absolute atomic E-state index is 6.73. The lowest BCUT2D eigenvalue weighted by Gasteiger charge is -2.39. The zero-order valence-corrected chi connectivity index (χ0v) is 80.5. The molecule has 8 aliphatic rings. The van der Waals surface area contributed by atoms with E-state index in [1.165, 1.54) is 122 Å². The summed E-state index contributed by atoms with van der Waals surface area (Å²) in [7, 11) is 0. The second kappa shape index (κ2) is 33.2. The molecule has 148 heavy (non-hydrogen) atoms. The minimum Gasteiger partial charge on any atom is -0.457 e. The highest BCUT2D eigenvalue weighted by Crippen LogP contribution is 2.69. The molecule has 6 nitrogen and oxygen atoms in total. The van der Waals surface area contributed by atoms with Crippen molar-refractivity contribution in [3.05, 3.63) is 635 Å². The van der Waals surface area contributed by atoms with Crippen LogP contribution in [-0.4, -0.2) is 0 Å². The van der Waals surface area contributed by atoms with Crippen LogP contribution in [0.4, 0.5) is 34.1 Å². The summed E-state index contributed by atoms with van der Waals surface area (Å²) in [5.74, 6) is 7.10. The summed E-state index contributed by atoms with van der Waals surface area (Å²) in [6, 6.07) is 199. The summed E-state index contributed by atoms with van der Waals surface area (Å²) in [6.45, 7) is 0. The van der Waals surface area contributed by atoms with Gasteiger partial charge < -0.3 is 28.7 Å². The van der Waals surface area contributed by atoms with Gasteiger partial charge in [-0.2, -0.15) is 0 Å². The molecule has 31 rings (SSSR count). The van der Waals surface area contributed by atoms with E-state index in [0.717, 1.165) is 147 Å². The Morgan fingerprint density at radius 2 is 0.318 bits per heavy atom. The molecule has 4 aliphatic carbocycles. The molecule has 0 fully saturated rings. The van der Waals surface area contributed by atoms with Crippen molar-refractivity contribution in [1.29, 1.82) is 0 Å².